The Morgan fingerprint density at radius 3 is 2.78 bits per heavy atom. The Morgan fingerprint density at radius 1 is 1.26 bits per heavy atom. The monoisotopic (exact) mass is 318 g/mol. The van der Waals surface area contributed by atoms with Crippen molar-refractivity contribution >= 4 is 0 Å². The fourth-order valence-electron chi connectivity index (χ4n) is 3.18. The van der Waals surface area contributed by atoms with Crippen LogP contribution in [0.2, 0.25) is 0 Å². The Labute approximate surface area is 137 Å². The Kier molecular flexibility index (Phi) is 5.09. The van der Waals surface area contributed by atoms with Gasteiger partial charge in [-0.2, -0.15) is 5.10 Å². The van der Waals surface area contributed by atoms with Crippen LogP contribution in [0.4, 0.5) is 0 Å². The number of nitrogens with zero attached hydrogens (tertiary/aromatic N) is 6. The zero-order valence-corrected chi connectivity index (χ0v) is 13.9. The predicted molar refractivity (Wildman–Crippen MR) is 87.8 cm³/mol. The molecule has 1 aliphatic rings. The van der Waals surface area contributed by atoms with Gasteiger partial charge in [0.2, 0.25) is 0 Å². The largest absolute Gasteiger partial charge is 0.390 e. The maximum Gasteiger partial charge on any atom is 0.122 e. The standard InChI is InChI=1S/C16H26N6O/c1-14-10-20(11-15(23)12-22-6-3-4-18-22)8-9-21(14)13-16-17-5-7-19(16)2/h3-7,14-15,23H,8-13H2,1-2H3/t14-,15-/m1/s1. The lowest BCUT2D eigenvalue weighted by Gasteiger charge is -2.40. The van der Waals surface area contributed by atoms with Crippen molar-refractivity contribution in [2.45, 2.75) is 32.2 Å². The third kappa shape index (κ3) is 4.19. The van der Waals surface area contributed by atoms with Crippen LogP contribution in [0.25, 0.3) is 0 Å². The first-order valence-electron chi connectivity index (χ1n) is 8.20. The molecule has 2 aromatic heterocycles. The lowest BCUT2D eigenvalue weighted by molar-refractivity contribution is 0.0345. The number of aliphatic hydroxyl groups is 1. The highest BCUT2D eigenvalue weighted by molar-refractivity contribution is 4.93. The molecule has 0 aromatic carbocycles. The molecule has 0 radical (unpaired) electrons. The van der Waals surface area contributed by atoms with Gasteiger partial charge in [-0.25, -0.2) is 4.98 Å². The number of aromatic nitrogens is 4. The van der Waals surface area contributed by atoms with E-state index in [0.29, 0.717) is 19.1 Å². The highest BCUT2D eigenvalue weighted by atomic mass is 16.3. The summed E-state index contributed by atoms with van der Waals surface area (Å²) < 4.78 is 3.86. The average molecular weight is 318 g/mol. The van der Waals surface area contributed by atoms with E-state index in [1.807, 2.05) is 31.7 Å². The van der Waals surface area contributed by atoms with Crippen LogP contribution in [0, 0.1) is 0 Å². The van der Waals surface area contributed by atoms with E-state index in [1.165, 1.54) is 0 Å². The van der Waals surface area contributed by atoms with Crippen molar-refractivity contribution in [3.8, 4) is 0 Å². The Bertz CT molecular complexity index is 595. The van der Waals surface area contributed by atoms with E-state index in [0.717, 1.165) is 32.0 Å². The maximum atomic E-state index is 10.2. The van der Waals surface area contributed by atoms with Crippen molar-refractivity contribution in [1.29, 1.82) is 0 Å². The fraction of sp³-hybridized carbons (Fsp3) is 0.625. The SMILES string of the molecule is C[C@@H]1CN(C[C@@H](O)Cn2cccn2)CCN1Cc1nccn1C. The van der Waals surface area contributed by atoms with E-state index in [9.17, 15) is 5.11 Å². The molecule has 0 bridgehead atoms. The number of β-amino-alcohol motifs (C(OH)–C–C–N with tert-alkyl or cyclic N) is 1. The van der Waals surface area contributed by atoms with E-state index < -0.39 is 0 Å². The minimum absolute atomic E-state index is 0.386. The number of aliphatic hydroxyl groups excluding tert-OH is 1. The van der Waals surface area contributed by atoms with Crippen LogP contribution in [0.3, 0.4) is 0 Å². The predicted octanol–water partition coefficient (Wildman–Crippen LogP) is 0.184. The van der Waals surface area contributed by atoms with Gasteiger partial charge in [-0.15, -0.1) is 0 Å². The molecule has 0 spiro atoms. The van der Waals surface area contributed by atoms with Crippen LogP contribution >= 0.6 is 0 Å². The van der Waals surface area contributed by atoms with Crippen LogP contribution in [-0.2, 0) is 20.1 Å². The lowest BCUT2D eigenvalue weighted by atomic mass is 10.1. The first kappa shape index (κ1) is 16.2. The van der Waals surface area contributed by atoms with Gasteiger partial charge in [0.05, 0.1) is 19.2 Å². The van der Waals surface area contributed by atoms with Crippen LogP contribution in [-0.4, -0.2) is 72.6 Å². The normalized spacial score (nSPS) is 21.6. The molecule has 7 nitrogen and oxygen atoms in total. The molecule has 1 N–H and O–H groups in total. The second kappa shape index (κ2) is 7.25. The van der Waals surface area contributed by atoms with Crippen molar-refractivity contribution in [3.63, 3.8) is 0 Å². The Hall–Kier alpha value is -1.70. The summed E-state index contributed by atoms with van der Waals surface area (Å²) in [5.74, 6) is 1.10. The second-order valence-corrected chi connectivity index (χ2v) is 6.42. The molecule has 3 heterocycles. The minimum atomic E-state index is -0.386. The summed E-state index contributed by atoms with van der Waals surface area (Å²) in [4.78, 5) is 9.21. The molecule has 0 aliphatic carbocycles. The molecule has 23 heavy (non-hydrogen) atoms. The molecule has 2 aromatic rings. The molecule has 1 fully saturated rings. The number of hydrogen-bond donors (Lipinski definition) is 1. The van der Waals surface area contributed by atoms with Gasteiger partial charge in [0.1, 0.15) is 5.82 Å². The van der Waals surface area contributed by atoms with Crippen LogP contribution in [0.1, 0.15) is 12.7 Å². The number of rotatable bonds is 6. The number of piperazine rings is 1. The first-order chi connectivity index (χ1) is 11.1. The summed E-state index contributed by atoms with van der Waals surface area (Å²) in [6, 6.07) is 2.34. The summed E-state index contributed by atoms with van der Waals surface area (Å²) in [7, 11) is 2.04. The molecular formula is C16H26N6O. The van der Waals surface area contributed by atoms with Gasteiger partial charge in [-0.05, 0) is 13.0 Å². The second-order valence-electron chi connectivity index (χ2n) is 6.42. The van der Waals surface area contributed by atoms with Crippen molar-refractivity contribution in [2.75, 3.05) is 26.2 Å². The molecule has 3 rings (SSSR count). The summed E-state index contributed by atoms with van der Waals surface area (Å²) in [6.07, 6.45) is 7.08. The molecular weight excluding hydrogens is 292 g/mol. The third-order valence-electron chi connectivity index (χ3n) is 4.54. The van der Waals surface area contributed by atoms with E-state index in [1.54, 1.807) is 10.9 Å². The van der Waals surface area contributed by atoms with Crippen LogP contribution in [0.5, 0.6) is 0 Å². The van der Waals surface area contributed by atoms with Gasteiger partial charge in [0.15, 0.2) is 0 Å². The van der Waals surface area contributed by atoms with E-state index in [4.69, 9.17) is 0 Å². The number of aryl methyl sites for hydroxylation is 1. The zero-order valence-electron chi connectivity index (χ0n) is 13.9. The quantitative estimate of drug-likeness (QED) is 0.823. The van der Waals surface area contributed by atoms with Gasteiger partial charge in [-0.1, -0.05) is 0 Å². The van der Waals surface area contributed by atoms with Gasteiger partial charge in [0, 0.05) is 64.1 Å². The van der Waals surface area contributed by atoms with Crippen LogP contribution in [0.15, 0.2) is 30.9 Å². The Morgan fingerprint density at radius 2 is 2.13 bits per heavy atom. The molecule has 1 saturated heterocycles. The minimum Gasteiger partial charge on any atom is -0.390 e. The van der Waals surface area contributed by atoms with Crippen molar-refractivity contribution in [3.05, 3.63) is 36.7 Å². The fourth-order valence-corrected chi connectivity index (χ4v) is 3.18. The Balaban J connectivity index is 1.47. The van der Waals surface area contributed by atoms with Crippen molar-refractivity contribution in [2.24, 2.45) is 7.05 Å². The lowest BCUT2D eigenvalue weighted by Crippen LogP contribution is -2.53. The smallest absolute Gasteiger partial charge is 0.122 e. The average Bonchev–Trinajstić information content (AvgIpc) is 3.14. The maximum absolute atomic E-state index is 10.2. The molecule has 1 aliphatic heterocycles. The van der Waals surface area contributed by atoms with Crippen molar-refractivity contribution < 1.29 is 5.11 Å². The highest BCUT2D eigenvalue weighted by Crippen LogP contribution is 2.13. The van der Waals surface area contributed by atoms with E-state index >= 15 is 0 Å². The van der Waals surface area contributed by atoms with Gasteiger partial charge < -0.3 is 9.67 Å². The zero-order chi connectivity index (χ0) is 16.2. The number of hydrogen-bond acceptors (Lipinski definition) is 5. The molecule has 0 unspecified atom stereocenters. The molecule has 0 amide bonds. The molecule has 7 heteroatoms. The van der Waals surface area contributed by atoms with Crippen LogP contribution < -0.4 is 0 Å². The van der Waals surface area contributed by atoms with Crippen molar-refractivity contribution in [1.82, 2.24) is 29.1 Å². The molecule has 0 saturated carbocycles. The molecule has 2 atom stereocenters. The topological polar surface area (TPSA) is 62.4 Å². The van der Waals surface area contributed by atoms with Gasteiger partial charge >= 0.3 is 0 Å². The first-order valence-corrected chi connectivity index (χ1v) is 8.20. The van der Waals surface area contributed by atoms with E-state index in [-0.39, 0.29) is 6.10 Å². The van der Waals surface area contributed by atoms with Gasteiger partial charge in [0.25, 0.3) is 0 Å². The van der Waals surface area contributed by atoms with E-state index in [2.05, 4.69) is 31.4 Å². The third-order valence-corrected chi connectivity index (χ3v) is 4.54. The highest BCUT2D eigenvalue weighted by Gasteiger charge is 2.25. The van der Waals surface area contributed by atoms with Gasteiger partial charge in [-0.3, -0.25) is 14.5 Å². The summed E-state index contributed by atoms with van der Waals surface area (Å²) in [6.45, 7) is 7.33. The summed E-state index contributed by atoms with van der Waals surface area (Å²) in [5.41, 5.74) is 0. The number of imidazole rings is 1. The summed E-state index contributed by atoms with van der Waals surface area (Å²) >= 11 is 0. The molecule has 126 valence electrons. The summed E-state index contributed by atoms with van der Waals surface area (Å²) in [5, 5.41) is 14.4.